The van der Waals surface area contributed by atoms with E-state index in [9.17, 15) is 0 Å². The summed E-state index contributed by atoms with van der Waals surface area (Å²) in [6.07, 6.45) is 2.78. The molecule has 0 atom stereocenters. The van der Waals surface area contributed by atoms with Crippen molar-refractivity contribution in [2.75, 3.05) is 45.8 Å². The van der Waals surface area contributed by atoms with E-state index in [4.69, 9.17) is 4.74 Å². The molecule has 0 spiro atoms. The van der Waals surface area contributed by atoms with Crippen molar-refractivity contribution in [2.45, 2.75) is 19.9 Å². The third-order valence-electron chi connectivity index (χ3n) is 2.85. The van der Waals surface area contributed by atoms with Crippen LogP contribution in [0.2, 0.25) is 0 Å². The quantitative estimate of drug-likeness (QED) is 0.429. The minimum atomic E-state index is 0.628. The second kappa shape index (κ2) is 9.99. The van der Waals surface area contributed by atoms with Gasteiger partial charge in [-0.2, -0.15) is 0 Å². The molecule has 0 unspecified atom stereocenters. The molecule has 0 amide bonds. The zero-order valence-electron chi connectivity index (χ0n) is 13.5. The summed E-state index contributed by atoms with van der Waals surface area (Å²) >= 11 is 0. The molecule has 0 fully saturated rings. The summed E-state index contributed by atoms with van der Waals surface area (Å²) in [5.41, 5.74) is 1.14. The molecule has 0 radical (unpaired) electrons. The van der Waals surface area contributed by atoms with Gasteiger partial charge in [0.15, 0.2) is 5.96 Å². The molecule has 0 bridgehead atoms. The van der Waals surface area contributed by atoms with E-state index in [2.05, 4.69) is 33.6 Å². The number of rotatable bonds is 8. The fraction of sp³-hybridized carbons (Fsp3) is 0.600. The van der Waals surface area contributed by atoms with Gasteiger partial charge >= 0.3 is 0 Å². The predicted molar refractivity (Wildman–Crippen MR) is 87.9 cm³/mol. The fourth-order valence-corrected chi connectivity index (χ4v) is 1.74. The van der Waals surface area contributed by atoms with Crippen molar-refractivity contribution in [3.05, 3.63) is 23.9 Å². The van der Waals surface area contributed by atoms with E-state index >= 15 is 0 Å². The maximum atomic E-state index is 5.04. The van der Waals surface area contributed by atoms with Crippen LogP contribution in [-0.4, -0.2) is 51.8 Å². The zero-order valence-corrected chi connectivity index (χ0v) is 13.5. The Hall–Kier alpha value is -1.82. The number of hydrogen-bond acceptors (Lipinski definition) is 4. The first-order valence-electron chi connectivity index (χ1n) is 7.30. The highest BCUT2D eigenvalue weighted by Crippen LogP contribution is 2.10. The standard InChI is InChI=1S/C15H27N5O/c1-5-16-15(18-8-6-10-21-4)19-12-13-7-9-17-14(11-13)20(2)3/h7,9,11H,5-6,8,10,12H2,1-4H3,(H2,16,18,19). The summed E-state index contributed by atoms with van der Waals surface area (Å²) in [6, 6.07) is 4.04. The van der Waals surface area contributed by atoms with Crippen molar-refractivity contribution in [2.24, 2.45) is 4.99 Å². The van der Waals surface area contributed by atoms with Crippen molar-refractivity contribution in [1.29, 1.82) is 0 Å². The SMILES string of the molecule is CCNC(=NCc1ccnc(N(C)C)c1)NCCCOC. The molecule has 0 saturated heterocycles. The lowest BCUT2D eigenvalue weighted by molar-refractivity contribution is 0.195. The maximum Gasteiger partial charge on any atom is 0.191 e. The Balaban J connectivity index is 2.58. The van der Waals surface area contributed by atoms with Crippen LogP contribution in [0.25, 0.3) is 0 Å². The normalized spacial score (nSPS) is 11.3. The number of pyridine rings is 1. The Morgan fingerprint density at radius 2 is 2.19 bits per heavy atom. The van der Waals surface area contributed by atoms with E-state index in [1.807, 2.05) is 31.3 Å². The number of nitrogens with one attached hydrogen (secondary N) is 2. The van der Waals surface area contributed by atoms with Crippen LogP contribution < -0.4 is 15.5 Å². The van der Waals surface area contributed by atoms with Gasteiger partial charge in [-0.15, -0.1) is 0 Å². The first-order chi connectivity index (χ1) is 10.2. The van der Waals surface area contributed by atoms with Crippen LogP contribution in [0, 0.1) is 0 Å². The number of aromatic nitrogens is 1. The average Bonchev–Trinajstić information content (AvgIpc) is 2.49. The highest BCUT2D eigenvalue weighted by molar-refractivity contribution is 5.79. The van der Waals surface area contributed by atoms with Crippen LogP contribution >= 0.6 is 0 Å². The molecular formula is C15H27N5O. The largest absolute Gasteiger partial charge is 0.385 e. The number of aliphatic imine (C=N–C) groups is 1. The van der Waals surface area contributed by atoms with E-state index in [0.717, 1.165) is 43.5 Å². The summed E-state index contributed by atoms with van der Waals surface area (Å²) in [7, 11) is 5.68. The Morgan fingerprint density at radius 1 is 1.38 bits per heavy atom. The first-order valence-corrected chi connectivity index (χ1v) is 7.30. The van der Waals surface area contributed by atoms with Gasteiger partial charge < -0.3 is 20.3 Å². The molecule has 0 aliphatic rings. The zero-order chi connectivity index (χ0) is 15.5. The van der Waals surface area contributed by atoms with Crippen molar-refractivity contribution in [3.63, 3.8) is 0 Å². The van der Waals surface area contributed by atoms with E-state index in [1.54, 1.807) is 7.11 Å². The molecule has 1 aromatic heterocycles. The minimum Gasteiger partial charge on any atom is -0.385 e. The molecule has 0 aliphatic heterocycles. The van der Waals surface area contributed by atoms with Gasteiger partial charge in [-0.25, -0.2) is 9.98 Å². The van der Waals surface area contributed by atoms with Crippen molar-refractivity contribution < 1.29 is 4.74 Å². The summed E-state index contributed by atoms with van der Waals surface area (Å²) in [5.74, 6) is 1.78. The smallest absolute Gasteiger partial charge is 0.191 e. The number of methoxy groups -OCH3 is 1. The summed E-state index contributed by atoms with van der Waals surface area (Å²) in [5, 5.41) is 6.54. The van der Waals surface area contributed by atoms with E-state index in [-0.39, 0.29) is 0 Å². The lowest BCUT2D eigenvalue weighted by atomic mass is 10.2. The number of anilines is 1. The molecule has 118 valence electrons. The third-order valence-corrected chi connectivity index (χ3v) is 2.85. The molecule has 0 aromatic carbocycles. The molecular weight excluding hydrogens is 266 g/mol. The lowest BCUT2D eigenvalue weighted by Gasteiger charge is -2.13. The van der Waals surface area contributed by atoms with Gasteiger partial charge in [0.2, 0.25) is 0 Å². The van der Waals surface area contributed by atoms with Gasteiger partial charge in [-0.3, -0.25) is 0 Å². The highest BCUT2D eigenvalue weighted by atomic mass is 16.5. The van der Waals surface area contributed by atoms with Gasteiger partial charge in [-0.05, 0) is 31.0 Å². The maximum absolute atomic E-state index is 5.04. The predicted octanol–water partition coefficient (Wildman–Crippen LogP) is 1.24. The van der Waals surface area contributed by atoms with Crippen molar-refractivity contribution in [3.8, 4) is 0 Å². The molecule has 6 nitrogen and oxygen atoms in total. The monoisotopic (exact) mass is 293 g/mol. The lowest BCUT2D eigenvalue weighted by Crippen LogP contribution is -2.38. The minimum absolute atomic E-state index is 0.628. The van der Waals surface area contributed by atoms with Crippen molar-refractivity contribution >= 4 is 11.8 Å². The van der Waals surface area contributed by atoms with Crippen LogP contribution in [0.1, 0.15) is 18.9 Å². The van der Waals surface area contributed by atoms with Gasteiger partial charge in [0.05, 0.1) is 6.54 Å². The summed E-state index contributed by atoms with van der Waals surface area (Å²) in [4.78, 5) is 10.9. The fourth-order valence-electron chi connectivity index (χ4n) is 1.74. The summed E-state index contributed by atoms with van der Waals surface area (Å²) in [6.45, 7) is 5.13. The molecule has 1 aromatic rings. The van der Waals surface area contributed by atoms with Crippen LogP contribution in [-0.2, 0) is 11.3 Å². The van der Waals surface area contributed by atoms with Gasteiger partial charge in [0.25, 0.3) is 0 Å². The van der Waals surface area contributed by atoms with Crippen LogP contribution in [0.15, 0.2) is 23.3 Å². The topological polar surface area (TPSA) is 61.8 Å². The average molecular weight is 293 g/mol. The van der Waals surface area contributed by atoms with Gasteiger partial charge in [0, 0.05) is 47.1 Å². The first kappa shape index (κ1) is 17.2. The van der Waals surface area contributed by atoms with Crippen LogP contribution in [0.3, 0.4) is 0 Å². The van der Waals surface area contributed by atoms with E-state index in [1.165, 1.54) is 0 Å². The molecule has 21 heavy (non-hydrogen) atoms. The second-order valence-electron chi connectivity index (χ2n) is 4.89. The molecule has 0 aliphatic carbocycles. The Kier molecular flexibility index (Phi) is 8.19. The number of hydrogen-bond donors (Lipinski definition) is 2. The Morgan fingerprint density at radius 3 is 2.86 bits per heavy atom. The van der Waals surface area contributed by atoms with Gasteiger partial charge in [0.1, 0.15) is 5.82 Å². The Bertz CT molecular complexity index is 434. The molecule has 6 heteroatoms. The highest BCUT2D eigenvalue weighted by Gasteiger charge is 2.00. The van der Waals surface area contributed by atoms with Crippen molar-refractivity contribution in [1.82, 2.24) is 15.6 Å². The molecule has 1 rings (SSSR count). The van der Waals surface area contributed by atoms with Crippen LogP contribution in [0.4, 0.5) is 5.82 Å². The summed E-state index contributed by atoms with van der Waals surface area (Å²) < 4.78 is 5.04. The second-order valence-corrected chi connectivity index (χ2v) is 4.89. The number of ether oxygens (including phenoxy) is 1. The number of nitrogens with zero attached hydrogens (tertiary/aromatic N) is 3. The van der Waals surface area contributed by atoms with Gasteiger partial charge in [-0.1, -0.05) is 0 Å². The van der Waals surface area contributed by atoms with E-state index in [0.29, 0.717) is 6.54 Å². The Labute approximate surface area is 127 Å². The van der Waals surface area contributed by atoms with Crippen LogP contribution in [0.5, 0.6) is 0 Å². The molecule has 2 N–H and O–H groups in total. The molecule has 0 saturated carbocycles. The number of guanidine groups is 1. The molecule has 1 heterocycles. The third kappa shape index (κ3) is 6.94. The van der Waals surface area contributed by atoms with E-state index < -0.39 is 0 Å².